The van der Waals surface area contributed by atoms with Gasteiger partial charge in [0.25, 0.3) is 0 Å². The van der Waals surface area contributed by atoms with E-state index in [9.17, 15) is 10.1 Å². The molecule has 0 aliphatic carbocycles. The van der Waals surface area contributed by atoms with Crippen molar-refractivity contribution < 1.29 is 4.92 Å². The second-order valence-electron chi connectivity index (χ2n) is 3.32. The molecule has 3 N–H and O–H groups in total. The van der Waals surface area contributed by atoms with E-state index < -0.39 is 4.92 Å². The van der Waals surface area contributed by atoms with E-state index in [1.807, 2.05) is 6.07 Å². The Balaban J connectivity index is 2.44. The monoisotopic (exact) mass is 309 g/mol. The van der Waals surface area contributed by atoms with Gasteiger partial charge in [0.05, 0.1) is 10.6 Å². The second-order valence-corrected chi connectivity index (χ2v) is 4.17. The molecule has 2 aromatic rings. The third kappa shape index (κ3) is 2.38. The first-order chi connectivity index (χ1) is 8.59. The molecule has 0 radical (unpaired) electrons. The van der Waals surface area contributed by atoms with Gasteiger partial charge >= 0.3 is 5.69 Å². The second kappa shape index (κ2) is 4.96. The first kappa shape index (κ1) is 12.2. The first-order valence-corrected chi connectivity index (χ1v) is 5.65. The molecule has 0 aliphatic heterocycles. The topological polar surface area (TPSA) is 107 Å². The smallest absolute Gasteiger partial charge is 0.353 e. The minimum atomic E-state index is -0.617. The number of nitrogens with two attached hydrogens (primary N) is 1. The Morgan fingerprint density at radius 3 is 2.72 bits per heavy atom. The number of nitrogen functional groups attached to an aromatic ring is 1. The van der Waals surface area contributed by atoms with Gasteiger partial charge in [-0.25, -0.2) is 9.97 Å². The predicted octanol–water partition coefficient (Wildman–Crippen LogP) is 2.47. The van der Waals surface area contributed by atoms with Crippen molar-refractivity contribution >= 4 is 38.9 Å². The molecule has 0 saturated heterocycles. The largest absolute Gasteiger partial charge is 0.378 e. The third-order valence-electron chi connectivity index (χ3n) is 2.16. The maximum atomic E-state index is 10.9. The summed E-state index contributed by atoms with van der Waals surface area (Å²) in [5.74, 6) is -0.121. The number of nitro groups is 1. The summed E-state index contributed by atoms with van der Waals surface area (Å²) in [6, 6.07) is 7.19. The van der Waals surface area contributed by atoms with Crippen LogP contribution in [-0.4, -0.2) is 14.9 Å². The summed E-state index contributed by atoms with van der Waals surface area (Å²) in [5, 5.41) is 13.8. The standard InChI is InChI=1S/C10H8BrN5O2/c11-6-3-1-2-4-7(6)15-10-8(16(17)18)9(12)13-5-14-10/h1-5H,(H3,12,13,14,15). The van der Waals surface area contributed by atoms with Crippen LogP contribution >= 0.6 is 15.9 Å². The van der Waals surface area contributed by atoms with Crippen molar-refractivity contribution in [2.45, 2.75) is 0 Å². The summed E-state index contributed by atoms with van der Waals surface area (Å²) >= 11 is 3.33. The lowest BCUT2D eigenvalue weighted by Crippen LogP contribution is -2.05. The van der Waals surface area contributed by atoms with E-state index in [2.05, 4.69) is 31.2 Å². The molecule has 0 atom stereocenters. The highest BCUT2D eigenvalue weighted by molar-refractivity contribution is 9.10. The highest BCUT2D eigenvalue weighted by Crippen LogP contribution is 2.31. The van der Waals surface area contributed by atoms with Crippen molar-refractivity contribution in [3.63, 3.8) is 0 Å². The van der Waals surface area contributed by atoms with E-state index in [4.69, 9.17) is 5.73 Å². The fourth-order valence-corrected chi connectivity index (χ4v) is 1.74. The Bertz CT molecular complexity index is 605. The third-order valence-corrected chi connectivity index (χ3v) is 2.85. The van der Waals surface area contributed by atoms with E-state index in [0.717, 1.165) is 4.47 Å². The highest BCUT2D eigenvalue weighted by Gasteiger charge is 2.21. The Morgan fingerprint density at radius 1 is 1.33 bits per heavy atom. The van der Waals surface area contributed by atoms with Gasteiger partial charge in [-0.05, 0) is 28.1 Å². The van der Waals surface area contributed by atoms with Gasteiger partial charge in [0, 0.05) is 4.47 Å². The number of aromatic nitrogens is 2. The molecule has 2 rings (SSSR count). The van der Waals surface area contributed by atoms with Crippen LogP contribution in [0.3, 0.4) is 0 Å². The lowest BCUT2D eigenvalue weighted by atomic mass is 10.3. The Labute approximate surface area is 110 Å². The lowest BCUT2D eigenvalue weighted by Gasteiger charge is -2.08. The van der Waals surface area contributed by atoms with Gasteiger partial charge in [-0.3, -0.25) is 10.1 Å². The molecule has 0 fully saturated rings. The molecular weight excluding hydrogens is 302 g/mol. The number of halogens is 1. The van der Waals surface area contributed by atoms with Crippen LogP contribution in [0.1, 0.15) is 0 Å². The lowest BCUT2D eigenvalue weighted by molar-refractivity contribution is -0.383. The SMILES string of the molecule is Nc1ncnc(Nc2ccccc2Br)c1[N+](=O)[O-]. The van der Waals surface area contributed by atoms with Crippen LogP contribution in [0, 0.1) is 10.1 Å². The Kier molecular flexibility index (Phi) is 3.38. The number of nitrogens with one attached hydrogen (secondary N) is 1. The summed E-state index contributed by atoms with van der Waals surface area (Å²) < 4.78 is 0.761. The fraction of sp³-hybridized carbons (Fsp3) is 0. The van der Waals surface area contributed by atoms with Gasteiger partial charge in [0.2, 0.25) is 11.6 Å². The number of para-hydroxylation sites is 1. The van der Waals surface area contributed by atoms with Gasteiger partial charge in [0.1, 0.15) is 6.33 Å². The van der Waals surface area contributed by atoms with Crippen LogP contribution in [0.5, 0.6) is 0 Å². The van der Waals surface area contributed by atoms with Gasteiger partial charge in [-0.2, -0.15) is 0 Å². The van der Waals surface area contributed by atoms with Gasteiger partial charge < -0.3 is 11.1 Å². The molecule has 18 heavy (non-hydrogen) atoms. The van der Waals surface area contributed by atoms with Crippen LogP contribution < -0.4 is 11.1 Å². The van der Waals surface area contributed by atoms with Crippen molar-refractivity contribution in [1.82, 2.24) is 9.97 Å². The number of hydrogen-bond acceptors (Lipinski definition) is 6. The van der Waals surface area contributed by atoms with Gasteiger partial charge in [-0.15, -0.1) is 0 Å². The molecule has 0 spiro atoms. The fourth-order valence-electron chi connectivity index (χ4n) is 1.35. The van der Waals surface area contributed by atoms with E-state index in [1.54, 1.807) is 18.2 Å². The molecular formula is C10H8BrN5O2. The Morgan fingerprint density at radius 2 is 2.06 bits per heavy atom. The normalized spacial score (nSPS) is 10.1. The van der Waals surface area contributed by atoms with Crippen molar-refractivity contribution in [1.29, 1.82) is 0 Å². The molecule has 0 bridgehead atoms. The van der Waals surface area contributed by atoms with Crippen molar-refractivity contribution in [3.05, 3.63) is 45.2 Å². The van der Waals surface area contributed by atoms with Crippen molar-refractivity contribution in [3.8, 4) is 0 Å². The van der Waals surface area contributed by atoms with Crippen LogP contribution in [-0.2, 0) is 0 Å². The molecule has 0 saturated carbocycles. The molecule has 1 aromatic heterocycles. The average Bonchev–Trinajstić information content (AvgIpc) is 2.31. The summed E-state index contributed by atoms with van der Waals surface area (Å²) in [5.41, 5.74) is 5.78. The first-order valence-electron chi connectivity index (χ1n) is 4.86. The molecule has 1 heterocycles. The predicted molar refractivity (Wildman–Crippen MR) is 70.5 cm³/mol. The Hall–Kier alpha value is -2.22. The van der Waals surface area contributed by atoms with E-state index in [0.29, 0.717) is 5.69 Å². The quantitative estimate of drug-likeness (QED) is 0.666. The number of nitrogens with zero attached hydrogens (tertiary/aromatic N) is 3. The summed E-state index contributed by atoms with van der Waals surface area (Å²) in [7, 11) is 0. The summed E-state index contributed by atoms with van der Waals surface area (Å²) in [6.07, 6.45) is 1.17. The average molecular weight is 310 g/mol. The zero-order valence-corrected chi connectivity index (χ0v) is 10.6. The number of rotatable bonds is 3. The molecule has 1 aromatic carbocycles. The number of benzene rings is 1. The summed E-state index contributed by atoms with van der Waals surface area (Å²) in [4.78, 5) is 17.7. The highest BCUT2D eigenvalue weighted by atomic mass is 79.9. The minimum absolute atomic E-state index is 0.0550. The molecule has 0 amide bonds. The van der Waals surface area contributed by atoms with Gasteiger partial charge in [0.15, 0.2) is 0 Å². The minimum Gasteiger partial charge on any atom is -0.378 e. The van der Waals surface area contributed by atoms with Crippen LogP contribution in [0.4, 0.5) is 23.0 Å². The molecule has 7 nitrogen and oxygen atoms in total. The molecule has 0 aliphatic rings. The number of hydrogen-bond donors (Lipinski definition) is 2. The van der Waals surface area contributed by atoms with Gasteiger partial charge in [-0.1, -0.05) is 12.1 Å². The summed E-state index contributed by atoms with van der Waals surface area (Å²) in [6.45, 7) is 0. The van der Waals surface area contributed by atoms with E-state index in [-0.39, 0.29) is 17.3 Å². The molecule has 92 valence electrons. The van der Waals surface area contributed by atoms with Crippen molar-refractivity contribution in [2.75, 3.05) is 11.1 Å². The van der Waals surface area contributed by atoms with Crippen LogP contribution in [0.15, 0.2) is 35.1 Å². The van der Waals surface area contributed by atoms with Crippen LogP contribution in [0.2, 0.25) is 0 Å². The number of anilines is 3. The maximum absolute atomic E-state index is 10.9. The van der Waals surface area contributed by atoms with Crippen molar-refractivity contribution in [2.24, 2.45) is 0 Å². The molecule has 8 heteroatoms. The van der Waals surface area contributed by atoms with Crippen LogP contribution in [0.25, 0.3) is 0 Å². The zero-order chi connectivity index (χ0) is 13.1. The molecule has 0 unspecified atom stereocenters. The van der Waals surface area contributed by atoms with E-state index in [1.165, 1.54) is 6.33 Å². The maximum Gasteiger partial charge on any atom is 0.353 e. The zero-order valence-electron chi connectivity index (χ0n) is 9.00. The van der Waals surface area contributed by atoms with E-state index >= 15 is 0 Å².